The second kappa shape index (κ2) is 10.3. The first-order chi connectivity index (χ1) is 15.6. The van der Waals surface area contributed by atoms with Crippen LogP contribution in [0.25, 0.3) is 0 Å². The van der Waals surface area contributed by atoms with E-state index in [2.05, 4.69) is 41.2 Å². The number of hydrogen-bond acceptors (Lipinski definition) is 5. The van der Waals surface area contributed by atoms with E-state index in [0.717, 1.165) is 24.4 Å². The summed E-state index contributed by atoms with van der Waals surface area (Å²) in [6, 6.07) is 12.3. The van der Waals surface area contributed by atoms with Crippen LogP contribution < -0.4 is 9.47 Å². The van der Waals surface area contributed by atoms with Crippen LogP contribution in [0.4, 0.5) is 0 Å². The Hall–Kier alpha value is -2.60. The van der Waals surface area contributed by atoms with Crippen LogP contribution in [0.1, 0.15) is 47.2 Å². The van der Waals surface area contributed by atoms with Crippen LogP contribution in [-0.4, -0.2) is 61.6 Å². The highest BCUT2D eigenvalue weighted by Crippen LogP contribution is 2.32. The maximum Gasteiger partial charge on any atom is 0.259 e. The molecule has 0 spiro atoms. The summed E-state index contributed by atoms with van der Waals surface area (Å²) in [4.78, 5) is 22.1. The normalized spacial score (nSPS) is 17.2. The van der Waals surface area contributed by atoms with Gasteiger partial charge in [-0.05, 0) is 81.3 Å². The van der Waals surface area contributed by atoms with Gasteiger partial charge in [0.1, 0.15) is 5.56 Å². The van der Waals surface area contributed by atoms with Crippen LogP contribution in [0.15, 0.2) is 36.4 Å². The molecule has 4 rings (SSSR count). The number of amides is 1. The molecule has 6 nitrogen and oxygen atoms in total. The molecule has 32 heavy (non-hydrogen) atoms. The van der Waals surface area contributed by atoms with Crippen LogP contribution in [-0.2, 0) is 13.0 Å². The van der Waals surface area contributed by atoms with Crippen molar-refractivity contribution in [2.45, 2.75) is 38.6 Å². The molecule has 172 valence electrons. The van der Waals surface area contributed by atoms with E-state index >= 15 is 0 Å². The Labute approximate surface area is 191 Å². The first kappa shape index (κ1) is 22.6. The van der Waals surface area contributed by atoms with Crippen molar-refractivity contribution in [1.82, 2.24) is 14.8 Å². The zero-order valence-electron chi connectivity index (χ0n) is 19.5. The minimum Gasteiger partial charge on any atom is -0.481 e. The van der Waals surface area contributed by atoms with Gasteiger partial charge in [0.15, 0.2) is 0 Å². The number of aromatic nitrogens is 1. The third-order valence-corrected chi connectivity index (χ3v) is 6.69. The van der Waals surface area contributed by atoms with E-state index < -0.39 is 0 Å². The third-order valence-electron chi connectivity index (χ3n) is 6.69. The molecule has 1 aliphatic heterocycles. The lowest BCUT2D eigenvalue weighted by molar-refractivity contribution is 0.0730. The van der Waals surface area contributed by atoms with Gasteiger partial charge in [0.05, 0.1) is 14.2 Å². The van der Waals surface area contributed by atoms with E-state index in [1.165, 1.54) is 51.4 Å². The van der Waals surface area contributed by atoms with Gasteiger partial charge in [0.2, 0.25) is 11.8 Å². The SMILES string of the molecule is COc1ccc(C(=O)N(Cc2ccc(CC3CCN(C)CC3)cc2)CC2CC2)c(OC)n1. The minimum absolute atomic E-state index is 0.0423. The van der Waals surface area contributed by atoms with Crippen molar-refractivity contribution >= 4 is 5.91 Å². The van der Waals surface area contributed by atoms with Crippen LogP contribution in [0.2, 0.25) is 0 Å². The molecule has 1 aromatic heterocycles. The zero-order chi connectivity index (χ0) is 22.5. The maximum absolute atomic E-state index is 13.4. The van der Waals surface area contributed by atoms with Gasteiger partial charge in [0.25, 0.3) is 5.91 Å². The summed E-state index contributed by atoms with van der Waals surface area (Å²) in [6.45, 7) is 3.76. The molecule has 0 N–H and O–H groups in total. The number of carbonyl (C=O) groups is 1. The summed E-state index contributed by atoms with van der Waals surface area (Å²) in [7, 11) is 5.29. The fraction of sp³-hybridized carbons (Fsp3) is 0.538. The molecular weight excluding hydrogens is 402 g/mol. The molecule has 1 aliphatic carbocycles. The molecule has 1 aromatic carbocycles. The Morgan fingerprint density at radius 2 is 1.66 bits per heavy atom. The van der Waals surface area contributed by atoms with Gasteiger partial charge < -0.3 is 19.3 Å². The summed E-state index contributed by atoms with van der Waals surface area (Å²) in [5, 5.41) is 0. The second-order valence-corrected chi connectivity index (χ2v) is 9.31. The second-order valence-electron chi connectivity index (χ2n) is 9.31. The molecule has 0 atom stereocenters. The lowest BCUT2D eigenvalue weighted by Gasteiger charge is -2.29. The molecule has 1 saturated heterocycles. The quantitative estimate of drug-likeness (QED) is 0.593. The van der Waals surface area contributed by atoms with Crippen molar-refractivity contribution in [3.63, 3.8) is 0 Å². The van der Waals surface area contributed by atoms with Crippen molar-refractivity contribution in [3.05, 3.63) is 53.1 Å². The van der Waals surface area contributed by atoms with Crippen molar-refractivity contribution in [2.75, 3.05) is 40.9 Å². The van der Waals surface area contributed by atoms with E-state index in [-0.39, 0.29) is 5.91 Å². The first-order valence-corrected chi connectivity index (χ1v) is 11.7. The average Bonchev–Trinajstić information content (AvgIpc) is 3.64. The number of pyridine rings is 1. The molecule has 0 bridgehead atoms. The summed E-state index contributed by atoms with van der Waals surface area (Å²) in [5.74, 6) is 2.08. The lowest BCUT2D eigenvalue weighted by atomic mass is 9.90. The van der Waals surface area contributed by atoms with E-state index in [0.29, 0.717) is 29.8 Å². The van der Waals surface area contributed by atoms with Gasteiger partial charge in [-0.3, -0.25) is 4.79 Å². The number of rotatable bonds is 9. The number of methoxy groups -OCH3 is 2. The minimum atomic E-state index is -0.0423. The topological polar surface area (TPSA) is 54.9 Å². The van der Waals surface area contributed by atoms with Gasteiger partial charge >= 0.3 is 0 Å². The van der Waals surface area contributed by atoms with Gasteiger partial charge in [-0.2, -0.15) is 4.98 Å². The Balaban J connectivity index is 1.44. The Morgan fingerprint density at radius 3 is 2.28 bits per heavy atom. The number of nitrogens with zero attached hydrogens (tertiary/aromatic N) is 3. The predicted molar refractivity (Wildman–Crippen MR) is 125 cm³/mol. The molecule has 2 aliphatic rings. The number of piperidine rings is 1. The molecule has 0 radical (unpaired) electrons. The lowest BCUT2D eigenvalue weighted by Crippen LogP contribution is -2.33. The molecule has 6 heteroatoms. The largest absolute Gasteiger partial charge is 0.481 e. The molecule has 2 heterocycles. The van der Waals surface area contributed by atoms with Gasteiger partial charge in [-0.25, -0.2) is 0 Å². The smallest absolute Gasteiger partial charge is 0.259 e. The first-order valence-electron chi connectivity index (χ1n) is 11.7. The Kier molecular flexibility index (Phi) is 7.30. The van der Waals surface area contributed by atoms with Crippen LogP contribution in [0.3, 0.4) is 0 Å². The van der Waals surface area contributed by atoms with Crippen molar-refractivity contribution in [3.8, 4) is 11.8 Å². The summed E-state index contributed by atoms with van der Waals surface area (Å²) >= 11 is 0. The number of benzene rings is 1. The highest BCUT2D eigenvalue weighted by Gasteiger charge is 2.29. The summed E-state index contributed by atoms with van der Waals surface area (Å²) in [6.07, 6.45) is 6.08. The van der Waals surface area contributed by atoms with Crippen LogP contribution >= 0.6 is 0 Å². The number of likely N-dealkylation sites (tertiary alicyclic amines) is 1. The van der Waals surface area contributed by atoms with E-state index in [1.807, 2.05) is 4.90 Å². The monoisotopic (exact) mass is 437 g/mol. The van der Waals surface area contributed by atoms with Crippen molar-refractivity contribution in [2.24, 2.45) is 11.8 Å². The van der Waals surface area contributed by atoms with E-state index in [4.69, 9.17) is 9.47 Å². The predicted octanol–water partition coefficient (Wildman–Crippen LogP) is 4.04. The van der Waals surface area contributed by atoms with Crippen molar-refractivity contribution in [1.29, 1.82) is 0 Å². The zero-order valence-corrected chi connectivity index (χ0v) is 19.5. The molecule has 1 amide bonds. The van der Waals surface area contributed by atoms with Crippen LogP contribution in [0.5, 0.6) is 11.8 Å². The van der Waals surface area contributed by atoms with Gasteiger partial charge in [-0.15, -0.1) is 0 Å². The third kappa shape index (κ3) is 5.80. The standard InChI is InChI=1S/C26H35N3O3/c1-28-14-12-20(13-15-28)16-19-4-6-21(7-5-19)17-29(18-22-8-9-22)26(30)23-10-11-24(31-2)27-25(23)32-3/h4-7,10-11,20,22H,8-9,12-18H2,1-3H3. The summed E-state index contributed by atoms with van der Waals surface area (Å²) < 4.78 is 10.6. The maximum atomic E-state index is 13.4. The Morgan fingerprint density at radius 1 is 0.969 bits per heavy atom. The fourth-order valence-electron chi connectivity index (χ4n) is 4.46. The average molecular weight is 438 g/mol. The molecule has 2 fully saturated rings. The molecular formula is C26H35N3O3. The molecule has 2 aromatic rings. The number of ether oxygens (including phenoxy) is 2. The van der Waals surface area contributed by atoms with E-state index in [9.17, 15) is 4.79 Å². The number of hydrogen-bond donors (Lipinski definition) is 0. The van der Waals surface area contributed by atoms with Crippen molar-refractivity contribution < 1.29 is 14.3 Å². The number of carbonyl (C=O) groups excluding carboxylic acids is 1. The van der Waals surface area contributed by atoms with E-state index in [1.54, 1.807) is 19.2 Å². The van der Waals surface area contributed by atoms with Gasteiger partial charge in [0, 0.05) is 19.2 Å². The fourth-order valence-corrected chi connectivity index (χ4v) is 4.46. The molecule has 0 unspecified atom stereocenters. The highest BCUT2D eigenvalue weighted by atomic mass is 16.5. The van der Waals surface area contributed by atoms with Crippen LogP contribution in [0, 0.1) is 11.8 Å². The Bertz CT molecular complexity index is 903. The highest BCUT2D eigenvalue weighted by molar-refractivity contribution is 5.96. The summed E-state index contributed by atoms with van der Waals surface area (Å²) in [5.41, 5.74) is 3.03. The van der Waals surface area contributed by atoms with Gasteiger partial charge in [-0.1, -0.05) is 24.3 Å². The molecule has 1 saturated carbocycles.